The van der Waals surface area contributed by atoms with E-state index in [1.165, 1.54) is 10.4 Å². The molecule has 0 fully saturated rings. The van der Waals surface area contributed by atoms with E-state index in [0.717, 1.165) is 29.8 Å². The fourth-order valence-electron chi connectivity index (χ4n) is 3.86. The lowest BCUT2D eigenvalue weighted by atomic mass is 9.97. The van der Waals surface area contributed by atoms with Gasteiger partial charge in [-0.15, -0.1) is 11.3 Å². The molecule has 29 heavy (non-hydrogen) atoms. The first-order valence-corrected chi connectivity index (χ1v) is 10.8. The molecule has 3 aromatic rings. The molecule has 150 valence electrons. The highest BCUT2D eigenvalue weighted by Gasteiger charge is 2.27. The van der Waals surface area contributed by atoms with Crippen LogP contribution in [0.5, 0.6) is 5.75 Å². The van der Waals surface area contributed by atoms with Crippen LogP contribution in [0.3, 0.4) is 0 Å². The van der Waals surface area contributed by atoms with Crippen molar-refractivity contribution in [3.63, 3.8) is 0 Å². The highest BCUT2D eigenvalue weighted by atomic mass is 32.1. The lowest BCUT2D eigenvalue weighted by molar-refractivity contribution is -0.134. The molecule has 0 saturated carbocycles. The maximum Gasteiger partial charge on any atom is 0.239 e. The minimum atomic E-state index is -0.289. The number of fused-ring (bicyclic) bond motifs is 1. The van der Waals surface area contributed by atoms with Gasteiger partial charge in [0.2, 0.25) is 5.91 Å². The molecule has 0 aliphatic carbocycles. The molecule has 2 aromatic carbocycles. The van der Waals surface area contributed by atoms with Gasteiger partial charge in [-0.2, -0.15) is 0 Å². The summed E-state index contributed by atoms with van der Waals surface area (Å²) in [5, 5.41) is 5.69. The highest BCUT2D eigenvalue weighted by molar-refractivity contribution is 7.10. The molecule has 2 heterocycles. The van der Waals surface area contributed by atoms with Crippen molar-refractivity contribution in [2.75, 3.05) is 13.7 Å². The van der Waals surface area contributed by atoms with E-state index in [2.05, 4.69) is 41.0 Å². The van der Waals surface area contributed by atoms with Crippen LogP contribution in [0.1, 0.15) is 34.5 Å². The van der Waals surface area contributed by atoms with Gasteiger partial charge in [0.1, 0.15) is 5.75 Å². The van der Waals surface area contributed by atoms with Crippen LogP contribution in [-0.4, -0.2) is 30.5 Å². The maximum atomic E-state index is 13.2. The van der Waals surface area contributed by atoms with Gasteiger partial charge >= 0.3 is 0 Å². The second-order valence-electron chi connectivity index (χ2n) is 7.38. The SMILES string of the molecule is COc1ccc(C(NC(C)C(=O)N2CCc3sccc3C2)c2ccccc2)cc1. The van der Waals surface area contributed by atoms with Crippen LogP contribution in [0.15, 0.2) is 66.0 Å². The third kappa shape index (κ3) is 4.36. The van der Waals surface area contributed by atoms with Crippen molar-refractivity contribution in [2.24, 2.45) is 0 Å². The number of ether oxygens (including phenoxy) is 1. The largest absolute Gasteiger partial charge is 0.497 e. The summed E-state index contributed by atoms with van der Waals surface area (Å²) < 4.78 is 5.29. The van der Waals surface area contributed by atoms with Gasteiger partial charge in [-0.05, 0) is 53.6 Å². The Kier molecular flexibility index (Phi) is 5.97. The van der Waals surface area contributed by atoms with Crippen molar-refractivity contribution >= 4 is 17.2 Å². The summed E-state index contributed by atoms with van der Waals surface area (Å²) in [5.74, 6) is 0.973. The molecular formula is C24H26N2O2S. The van der Waals surface area contributed by atoms with Crippen LogP contribution in [0, 0.1) is 0 Å². The standard InChI is InChI=1S/C24H26N2O2S/c1-17(24(27)26-14-12-22-20(16-26)13-15-29-22)25-23(18-6-4-3-5-7-18)19-8-10-21(28-2)11-9-19/h3-11,13,15,17,23,25H,12,14,16H2,1-2H3. The minimum absolute atomic E-state index is 0.0671. The Hall–Kier alpha value is -2.63. The number of benzene rings is 2. The lowest BCUT2D eigenvalue weighted by Crippen LogP contribution is -2.47. The van der Waals surface area contributed by atoms with Crippen molar-refractivity contribution in [1.82, 2.24) is 10.2 Å². The van der Waals surface area contributed by atoms with Crippen LogP contribution in [0.25, 0.3) is 0 Å². The number of thiophene rings is 1. The number of hydrogen-bond donors (Lipinski definition) is 1. The summed E-state index contributed by atoms with van der Waals surface area (Å²) in [6.07, 6.45) is 0.950. The second kappa shape index (κ2) is 8.80. The van der Waals surface area contributed by atoms with Crippen molar-refractivity contribution in [2.45, 2.75) is 32.0 Å². The summed E-state index contributed by atoms with van der Waals surface area (Å²) in [6.45, 7) is 3.46. The molecule has 0 saturated heterocycles. The quantitative estimate of drug-likeness (QED) is 0.659. The van der Waals surface area contributed by atoms with E-state index in [4.69, 9.17) is 4.74 Å². The Morgan fingerprint density at radius 2 is 1.79 bits per heavy atom. The Balaban J connectivity index is 1.53. The summed E-state index contributed by atoms with van der Waals surface area (Å²) >= 11 is 1.79. The van der Waals surface area contributed by atoms with E-state index in [9.17, 15) is 4.79 Å². The van der Waals surface area contributed by atoms with Gasteiger partial charge in [0.15, 0.2) is 0 Å². The average molecular weight is 407 g/mol. The Labute approximate surface area is 176 Å². The summed E-state index contributed by atoms with van der Waals surface area (Å²) in [7, 11) is 1.67. The van der Waals surface area contributed by atoms with E-state index in [0.29, 0.717) is 6.54 Å². The maximum absolute atomic E-state index is 13.2. The fourth-order valence-corrected chi connectivity index (χ4v) is 4.75. The van der Waals surface area contributed by atoms with Crippen molar-refractivity contribution in [3.8, 4) is 5.75 Å². The number of amides is 1. The molecular weight excluding hydrogens is 380 g/mol. The predicted octanol–water partition coefficient (Wildman–Crippen LogP) is 4.41. The monoisotopic (exact) mass is 406 g/mol. The fraction of sp³-hybridized carbons (Fsp3) is 0.292. The highest BCUT2D eigenvalue weighted by Crippen LogP contribution is 2.27. The molecule has 1 aliphatic heterocycles. The molecule has 0 bridgehead atoms. The molecule has 2 unspecified atom stereocenters. The van der Waals surface area contributed by atoms with Crippen LogP contribution in [-0.2, 0) is 17.8 Å². The molecule has 2 atom stereocenters. The molecule has 4 nitrogen and oxygen atoms in total. The molecule has 5 heteroatoms. The zero-order valence-corrected chi connectivity index (χ0v) is 17.6. The Morgan fingerprint density at radius 3 is 2.52 bits per heavy atom. The average Bonchev–Trinajstić information content (AvgIpc) is 3.25. The number of nitrogens with one attached hydrogen (secondary N) is 1. The van der Waals surface area contributed by atoms with Crippen LogP contribution < -0.4 is 10.1 Å². The van der Waals surface area contributed by atoms with Gasteiger partial charge in [-0.3, -0.25) is 10.1 Å². The van der Waals surface area contributed by atoms with Gasteiger partial charge in [0.25, 0.3) is 0 Å². The lowest BCUT2D eigenvalue weighted by Gasteiger charge is -2.31. The van der Waals surface area contributed by atoms with E-state index >= 15 is 0 Å². The Morgan fingerprint density at radius 1 is 1.07 bits per heavy atom. The molecule has 1 aliphatic rings. The summed E-state index contributed by atoms with van der Waals surface area (Å²) in [4.78, 5) is 16.6. The zero-order valence-electron chi connectivity index (χ0n) is 16.8. The third-order valence-corrected chi connectivity index (χ3v) is 6.51. The number of nitrogens with zero attached hydrogens (tertiary/aromatic N) is 1. The van der Waals surface area contributed by atoms with Crippen LogP contribution >= 0.6 is 11.3 Å². The summed E-state index contributed by atoms with van der Waals surface area (Å²) in [6, 6.07) is 20.1. The van der Waals surface area contributed by atoms with E-state index in [-0.39, 0.29) is 18.0 Å². The second-order valence-corrected chi connectivity index (χ2v) is 8.38. The first kappa shape index (κ1) is 19.7. The number of rotatable bonds is 6. The van der Waals surface area contributed by atoms with Gasteiger partial charge < -0.3 is 9.64 Å². The predicted molar refractivity (Wildman–Crippen MR) is 117 cm³/mol. The van der Waals surface area contributed by atoms with Crippen molar-refractivity contribution in [1.29, 1.82) is 0 Å². The van der Waals surface area contributed by atoms with Crippen LogP contribution in [0.4, 0.5) is 0 Å². The van der Waals surface area contributed by atoms with E-state index in [1.54, 1.807) is 18.4 Å². The number of methoxy groups -OCH3 is 1. The topological polar surface area (TPSA) is 41.6 Å². The Bertz CT molecular complexity index is 953. The van der Waals surface area contributed by atoms with E-state index < -0.39 is 0 Å². The van der Waals surface area contributed by atoms with Crippen molar-refractivity contribution in [3.05, 3.63) is 87.6 Å². The van der Waals surface area contributed by atoms with Gasteiger partial charge in [-0.1, -0.05) is 42.5 Å². The summed E-state index contributed by atoms with van der Waals surface area (Å²) in [5.41, 5.74) is 3.53. The van der Waals surface area contributed by atoms with Crippen molar-refractivity contribution < 1.29 is 9.53 Å². The first-order chi connectivity index (χ1) is 14.2. The molecule has 0 spiro atoms. The number of carbonyl (C=O) groups is 1. The zero-order chi connectivity index (χ0) is 20.2. The smallest absolute Gasteiger partial charge is 0.239 e. The molecule has 1 aromatic heterocycles. The minimum Gasteiger partial charge on any atom is -0.497 e. The molecule has 1 amide bonds. The molecule has 4 rings (SSSR count). The van der Waals surface area contributed by atoms with E-state index in [1.807, 2.05) is 42.2 Å². The van der Waals surface area contributed by atoms with Gasteiger partial charge in [0.05, 0.1) is 19.2 Å². The van der Waals surface area contributed by atoms with Gasteiger partial charge in [0, 0.05) is 18.0 Å². The molecule has 0 radical (unpaired) electrons. The molecule has 1 N–H and O–H groups in total. The normalized spacial score (nSPS) is 15.4. The first-order valence-electron chi connectivity index (χ1n) is 9.94. The number of carbonyl (C=O) groups excluding carboxylic acids is 1. The number of hydrogen-bond acceptors (Lipinski definition) is 4. The van der Waals surface area contributed by atoms with Crippen LogP contribution in [0.2, 0.25) is 0 Å². The third-order valence-electron chi connectivity index (χ3n) is 5.49. The van der Waals surface area contributed by atoms with Gasteiger partial charge in [-0.25, -0.2) is 0 Å².